The number of carbonyl (C=O) groups excluding carboxylic acids is 2. The summed E-state index contributed by atoms with van der Waals surface area (Å²) in [6, 6.07) is 14.6. The fourth-order valence-corrected chi connectivity index (χ4v) is 2.53. The van der Waals surface area contributed by atoms with Crippen LogP contribution in [0.3, 0.4) is 0 Å². The molecule has 29 heavy (non-hydrogen) atoms. The van der Waals surface area contributed by atoms with Gasteiger partial charge in [0, 0.05) is 33.4 Å². The molecule has 0 saturated carbocycles. The van der Waals surface area contributed by atoms with Crippen LogP contribution in [-0.2, 0) is 5.41 Å². The predicted molar refractivity (Wildman–Crippen MR) is 114 cm³/mol. The van der Waals surface area contributed by atoms with Crippen molar-refractivity contribution < 1.29 is 14.1 Å². The van der Waals surface area contributed by atoms with Crippen molar-refractivity contribution >= 4 is 40.7 Å². The van der Waals surface area contributed by atoms with Crippen LogP contribution in [0.5, 0.6) is 0 Å². The van der Waals surface area contributed by atoms with Crippen LogP contribution in [0.4, 0.5) is 22.0 Å². The maximum absolute atomic E-state index is 12.3. The Kier molecular flexibility index (Phi) is 5.89. The summed E-state index contributed by atoms with van der Waals surface area (Å²) in [7, 11) is 0. The smallest absolute Gasteiger partial charge is 0.324 e. The van der Waals surface area contributed by atoms with Crippen LogP contribution in [0, 0.1) is 0 Å². The number of nitrogens with zero attached hydrogens (tertiary/aromatic N) is 1. The molecule has 0 unspecified atom stereocenters. The summed E-state index contributed by atoms with van der Waals surface area (Å²) >= 11 is 5.83. The first-order chi connectivity index (χ1) is 13.7. The van der Waals surface area contributed by atoms with Gasteiger partial charge in [-0.15, -0.1) is 0 Å². The number of nitrogens with one attached hydrogen (secondary N) is 3. The Bertz CT molecular complexity index is 1010. The van der Waals surface area contributed by atoms with Gasteiger partial charge in [0.05, 0.1) is 0 Å². The number of halogens is 1. The number of anilines is 3. The van der Waals surface area contributed by atoms with Crippen molar-refractivity contribution in [3.8, 4) is 0 Å². The van der Waals surface area contributed by atoms with E-state index in [0.29, 0.717) is 33.5 Å². The van der Waals surface area contributed by atoms with Crippen LogP contribution in [0.2, 0.25) is 5.02 Å². The molecule has 1 heterocycles. The van der Waals surface area contributed by atoms with Crippen LogP contribution in [0.1, 0.15) is 36.9 Å². The molecule has 0 atom stereocenters. The van der Waals surface area contributed by atoms with E-state index in [1.54, 1.807) is 54.6 Å². The SMILES string of the molecule is CC(C)(C)c1cc(NC(=O)Nc2ccc(C(=O)Nc3ccc(Cl)cc3)cc2)no1. The molecule has 8 heteroatoms. The van der Waals surface area contributed by atoms with E-state index in [1.165, 1.54) is 0 Å². The number of hydrogen-bond acceptors (Lipinski definition) is 4. The van der Waals surface area contributed by atoms with Gasteiger partial charge in [0.1, 0.15) is 5.76 Å². The van der Waals surface area contributed by atoms with Crippen LogP contribution >= 0.6 is 11.6 Å². The van der Waals surface area contributed by atoms with Gasteiger partial charge < -0.3 is 15.2 Å². The summed E-state index contributed by atoms with van der Waals surface area (Å²) in [5, 5.41) is 12.5. The first-order valence-corrected chi connectivity index (χ1v) is 9.31. The van der Waals surface area contributed by atoms with Crippen molar-refractivity contribution in [3.63, 3.8) is 0 Å². The molecule has 3 N–H and O–H groups in total. The lowest BCUT2D eigenvalue weighted by Gasteiger charge is -2.12. The summed E-state index contributed by atoms with van der Waals surface area (Å²) in [6.45, 7) is 5.96. The number of benzene rings is 2. The quantitative estimate of drug-likeness (QED) is 0.525. The van der Waals surface area contributed by atoms with E-state index in [4.69, 9.17) is 16.1 Å². The van der Waals surface area contributed by atoms with Gasteiger partial charge >= 0.3 is 6.03 Å². The first-order valence-electron chi connectivity index (χ1n) is 8.93. The minimum Gasteiger partial charge on any atom is -0.359 e. The molecule has 3 aromatic rings. The van der Waals surface area contributed by atoms with Crippen molar-refractivity contribution in [1.29, 1.82) is 0 Å². The molecule has 0 spiro atoms. The van der Waals surface area contributed by atoms with Crippen LogP contribution in [0.25, 0.3) is 0 Å². The summed E-state index contributed by atoms with van der Waals surface area (Å²) in [6.07, 6.45) is 0. The molecule has 0 bridgehead atoms. The van der Waals surface area contributed by atoms with Crippen molar-refractivity contribution in [1.82, 2.24) is 5.16 Å². The average molecular weight is 413 g/mol. The Hall–Kier alpha value is -3.32. The predicted octanol–water partition coefficient (Wildman–Crippen LogP) is 5.52. The van der Waals surface area contributed by atoms with Crippen LogP contribution in [-0.4, -0.2) is 17.1 Å². The second-order valence-corrected chi connectivity index (χ2v) is 7.88. The molecule has 2 aromatic carbocycles. The van der Waals surface area contributed by atoms with E-state index in [0.717, 1.165) is 0 Å². The van der Waals surface area contributed by atoms with E-state index in [9.17, 15) is 9.59 Å². The van der Waals surface area contributed by atoms with Gasteiger partial charge in [-0.3, -0.25) is 10.1 Å². The Morgan fingerprint density at radius 3 is 2.07 bits per heavy atom. The van der Waals surface area contributed by atoms with Gasteiger partial charge in [-0.25, -0.2) is 4.79 Å². The van der Waals surface area contributed by atoms with Crippen molar-refractivity contribution in [2.24, 2.45) is 0 Å². The maximum atomic E-state index is 12.3. The van der Waals surface area contributed by atoms with Crippen LogP contribution in [0.15, 0.2) is 59.1 Å². The highest BCUT2D eigenvalue weighted by Gasteiger charge is 2.20. The minimum atomic E-state index is -0.461. The highest BCUT2D eigenvalue weighted by molar-refractivity contribution is 6.30. The number of rotatable bonds is 4. The van der Waals surface area contributed by atoms with E-state index >= 15 is 0 Å². The summed E-state index contributed by atoms with van der Waals surface area (Å²) in [4.78, 5) is 24.4. The van der Waals surface area contributed by atoms with Gasteiger partial charge in [0.2, 0.25) is 0 Å². The zero-order valence-electron chi connectivity index (χ0n) is 16.2. The summed E-state index contributed by atoms with van der Waals surface area (Å²) in [5.41, 5.74) is 1.43. The molecule has 0 aliphatic rings. The highest BCUT2D eigenvalue weighted by Crippen LogP contribution is 2.24. The van der Waals surface area contributed by atoms with Gasteiger partial charge in [-0.05, 0) is 48.5 Å². The Morgan fingerprint density at radius 1 is 0.897 bits per heavy atom. The third-order valence-electron chi connectivity index (χ3n) is 4.00. The number of aromatic nitrogens is 1. The van der Waals surface area contributed by atoms with Gasteiger partial charge in [0.25, 0.3) is 5.91 Å². The lowest BCUT2D eigenvalue weighted by molar-refractivity contribution is 0.102. The van der Waals surface area contributed by atoms with E-state index in [2.05, 4.69) is 21.1 Å². The fraction of sp³-hybridized carbons (Fsp3) is 0.190. The largest absolute Gasteiger partial charge is 0.359 e. The van der Waals surface area contributed by atoms with Gasteiger partial charge in [-0.2, -0.15) is 0 Å². The van der Waals surface area contributed by atoms with E-state index in [-0.39, 0.29) is 11.3 Å². The Labute approximate surface area is 173 Å². The summed E-state index contributed by atoms with van der Waals surface area (Å²) < 4.78 is 5.23. The average Bonchev–Trinajstić information content (AvgIpc) is 3.13. The maximum Gasteiger partial charge on any atom is 0.324 e. The number of hydrogen-bond donors (Lipinski definition) is 3. The van der Waals surface area contributed by atoms with Gasteiger partial charge in [-0.1, -0.05) is 37.5 Å². The van der Waals surface area contributed by atoms with E-state index < -0.39 is 6.03 Å². The molecule has 0 aliphatic carbocycles. The second-order valence-electron chi connectivity index (χ2n) is 7.44. The second kappa shape index (κ2) is 8.36. The van der Waals surface area contributed by atoms with Crippen LogP contribution < -0.4 is 16.0 Å². The third kappa shape index (κ3) is 5.58. The third-order valence-corrected chi connectivity index (χ3v) is 4.25. The zero-order chi connectivity index (χ0) is 21.0. The fourth-order valence-electron chi connectivity index (χ4n) is 2.41. The highest BCUT2D eigenvalue weighted by atomic mass is 35.5. The zero-order valence-corrected chi connectivity index (χ0v) is 17.0. The standard InChI is InChI=1S/C21H21ClN4O3/c1-21(2,3)17-12-18(26-29-17)25-20(28)24-16-8-4-13(5-9-16)19(27)23-15-10-6-14(22)7-11-15/h4-12H,1-3H3,(H,23,27)(H2,24,25,26,28). The lowest BCUT2D eigenvalue weighted by atomic mass is 9.93. The molecule has 3 amide bonds. The summed E-state index contributed by atoms with van der Waals surface area (Å²) in [5.74, 6) is 0.732. The molecule has 7 nitrogen and oxygen atoms in total. The van der Waals surface area contributed by atoms with Gasteiger partial charge in [0.15, 0.2) is 5.82 Å². The number of carbonyl (C=O) groups is 2. The normalized spacial score (nSPS) is 11.0. The minimum absolute atomic E-state index is 0.203. The Balaban J connectivity index is 1.57. The molecule has 0 saturated heterocycles. The molecular formula is C21H21ClN4O3. The molecule has 0 aliphatic heterocycles. The van der Waals surface area contributed by atoms with Crippen molar-refractivity contribution in [2.75, 3.05) is 16.0 Å². The monoisotopic (exact) mass is 412 g/mol. The topological polar surface area (TPSA) is 96.3 Å². The molecule has 150 valence electrons. The van der Waals surface area contributed by atoms with Crippen molar-refractivity contribution in [2.45, 2.75) is 26.2 Å². The molecule has 1 aromatic heterocycles. The molecule has 0 fully saturated rings. The molecular weight excluding hydrogens is 392 g/mol. The molecule has 0 radical (unpaired) electrons. The Morgan fingerprint density at radius 2 is 1.48 bits per heavy atom. The van der Waals surface area contributed by atoms with Crippen molar-refractivity contribution in [3.05, 3.63) is 70.9 Å². The number of amides is 3. The van der Waals surface area contributed by atoms with E-state index in [1.807, 2.05) is 20.8 Å². The number of urea groups is 1. The molecule has 3 rings (SSSR count). The first kappa shape index (κ1) is 20.4. The lowest BCUT2D eigenvalue weighted by Crippen LogP contribution is -2.19.